The van der Waals surface area contributed by atoms with E-state index in [2.05, 4.69) is 26.1 Å². The summed E-state index contributed by atoms with van der Waals surface area (Å²) in [6, 6.07) is 5.83. The Kier molecular flexibility index (Phi) is 4.90. The first-order valence-corrected chi connectivity index (χ1v) is 9.22. The molecule has 0 saturated carbocycles. The largest absolute Gasteiger partial charge is 0.346 e. The van der Waals surface area contributed by atoms with Gasteiger partial charge >= 0.3 is 0 Å². The fourth-order valence-electron chi connectivity index (χ4n) is 2.99. The molecule has 0 aliphatic carbocycles. The summed E-state index contributed by atoms with van der Waals surface area (Å²) in [7, 11) is 0. The van der Waals surface area contributed by atoms with Gasteiger partial charge in [-0.25, -0.2) is 9.07 Å². The number of ketones is 1. The van der Waals surface area contributed by atoms with Crippen molar-refractivity contribution in [2.45, 2.75) is 19.8 Å². The maximum absolute atomic E-state index is 13.8. The zero-order valence-corrected chi connectivity index (χ0v) is 16.0. The second-order valence-electron chi connectivity index (χ2n) is 5.90. The van der Waals surface area contributed by atoms with Gasteiger partial charge in [0.05, 0.1) is 36.9 Å². The second kappa shape index (κ2) is 7.34. The van der Waals surface area contributed by atoms with Crippen LogP contribution in [0, 0.1) is 5.82 Å². The van der Waals surface area contributed by atoms with Crippen LogP contribution in [-0.2, 0) is 16.0 Å². The summed E-state index contributed by atoms with van der Waals surface area (Å²) in [5.41, 5.74) is 1.76. The molecule has 2 aromatic heterocycles. The number of aryl methyl sites for hydroxylation is 1. The average Bonchev–Trinajstić information content (AvgIpc) is 3.41. The molecule has 9 heteroatoms. The number of benzene rings is 1. The Hall–Kier alpha value is -2.36. The Bertz CT molecular complexity index is 994. The van der Waals surface area contributed by atoms with Crippen molar-refractivity contribution < 1.29 is 18.7 Å². The van der Waals surface area contributed by atoms with Crippen LogP contribution < -0.4 is 0 Å². The van der Waals surface area contributed by atoms with Gasteiger partial charge in [0.15, 0.2) is 6.29 Å². The third kappa shape index (κ3) is 3.22. The lowest BCUT2D eigenvalue weighted by Crippen LogP contribution is -2.14. The maximum Gasteiger partial charge on any atom is 0.215 e. The maximum atomic E-state index is 13.8. The minimum atomic E-state index is -0.697. The van der Waals surface area contributed by atoms with E-state index in [0.29, 0.717) is 46.9 Å². The molecule has 0 unspecified atom stereocenters. The first kappa shape index (κ1) is 18.0. The minimum absolute atomic E-state index is 0.248. The molecule has 7 nitrogen and oxygen atoms in total. The average molecular weight is 435 g/mol. The number of nitrogens with zero attached hydrogens (tertiary/aromatic N) is 4. The van der Waals surface area contributed by atoms with Crippen molar-refractivity contribution in [1.82, 2.24) is 19.6 Å². The fraction of sp³-hybridized carbons (Fsp3) is 0.278. The second-order valence-corrected chi connectivity index (χ2v) is 6.65. The van der Waals surface area contributed by atoms with Gasteiger partial charge in [-0.3, -0.25) is 9.48 Å². The highest BCUT2D eigenvalue weighted by Crippen LogP contribution is 2.30. The number of rotatable bonds is 5. The Labute approximate surface area is 162 Å². The van der Waals surface area contributed by atoms with Gasteiger partial charge < -0.3 is 9.47 Å². The highest BCUT2D eigenvalue weighted by Gasteiger charge is 2.26. The lowest BCUT2D eigenvalue weighted by molar-refractivity contribution is -0.0443. The molecular formula is C18H16BrFN4O3. The Morgan fingerprint density at radius 2 is 2.07 bits per heavy atom. The summed E-state index contributed by atoms with van der Waals surface area (Å²) >= 11 is 3.42. The van der Waals surface area contributed by atoms with Gasteiger partial charge in [0.25, 0.3) is 0 Å². The number of halogens is 2. The van der Waals surface area contributed by atoms with Gasteiger partial charge in [-0.15, -0.1) is 0 Å². The molecule has 0 spiro atoms. The van der Waals surface area contributed by atoms with E-state index in [1.807, 2.05) is 6.92 Å². The van der Waals surface area contributed by atoms with Crippen LogP contribution in [0.5, 0.6) is 0 Å². The molecule has 0 radical (unpaired) electrons. The molecule has 3 heterocycles. The Morgan fingerprint density at radius 1 is 1.30 bits per heavy atom. The molecule has 1 aliphatic rings. The van der Waals surface area contributed by atoms with Crippen molar-refractivity contribution in [1.29, 1.82) is 0 Å². The molecule has 0 N–H and O–H groups in total. The van der Waals surface area contributed by atoms with Crippen LogP contribution in [0.15, 0.2) is 41.3 Å². The van der Waals surface area contributed by atoms with Gasteiger partial charge in [-0.1, -0.05) is 0 Å². The van der Waals surface area contributed by atoms with Crippen LogP contribution in [0.4, 0.5) is 4.39 Å². The molecule has 140 valence electrons. The standard InChI is InChI=1S/C18H16BrFN4O3/c1-2-23-17(19)13(10-22-23)16(25)15-5-6-21-24(15)14-4-3-11(20)9-12(14)18-26-7-8-27-18/h3-6,9-10,18H,2,7-8H2,1H3. The highest BCUT2D eigenvalue weighted by molar-refractivity contribution is 9.10. The molecule has 0 atom stereocenters. The monoisotopic (exact) mass is 434 g/mol. The van der Waals surface area contributed by atoms with Crippen LogP contribution in [0.1, 0.15) is 34.8 Å². The van der Waals surface area contributed by atoms with Crippen molar-refractivity contribution in [3.63, 3.8) is 0 Å². The molecule has 0 bridgehead atoms. The Balaban J connectivity index is 1.78. The smallest absolute Gasteiger partial charge is 0.215 e. The van der Waals surface area contributed by atoms with E-state index in [0.717, 1.165) is 0 Å². The summed E-state index contributed by atoms with van der Waals surface area (Å²) in [6.07, 6.45) is 2.34. The van der Waals surface area contributed by atoms with E-state index in [9.17, 15) is 9.18 Å². The first-order valence-electron chi connectivity index (χ1n) is 8.43. The van der Waals surface area contributed by atoms with Crippen molar-refractivity contribution in [3.05, 3.63) is 63.9 Å². The quantitative estimate of drug-likeness (QED) is 0.576. The minimum Gasteiger partial charge on any atom is -0.346 e. The van der Waals surface area contributed by atoms with E-state index < -0.39 is 12.1 Å². The molecule has 1 aromatic carbocycles. The normalized spacial score (nSPS) is 14.8. The van der Waals surface area contributed by atoms with Crippen molar-refractivity contribution >= 4 is 21.7 Å². The first-order chi connectivity index (χ1) is 13.1. The van der Waals surface area contributed by atoms with Crippen LogP contribution in [0.2, 0.25) is 0 Å². The van der Waals surface area contributed by atoms with E-state index in [1.165, 1.54) is 29.2 Å². The van der Waals surface area contributed by atoms with Gasteiger partial charge in [0.2, 0.25) is 5.78 Å². The topological polar surface area (TPSA) is 71.2 Å². The zero-order chi connectivity index (χ0) is 19.0. The summed E-state index contributed by atoms with van der Waals surface area (Å²) in [5.74, 6) is -0.664. The number of ether oxygens (including phenoxy) is 2. The van der Waals surface area contributed by atoms with E-state index >= 15 is 0 Å². The Morgan fingerprint density at radius 3 is 2.78 bits per heavy atom. The zero-order valence-electron chi connectivity index (χ0n) is 14.4. The molecule has 1 saturated heterocycles. The highest BCUT2D eigenvalue weighted by atomic mass is 79.9. The van der Waals surface area contributed by atoms with E-state index in [4.69, 9.17) is 9.47 Å². The molecule has 3 aromatic rings. The van der Waals surface area contributed by atoms with Gasteiger partial charge in [-0.05, 0) is 47.1 Å². The predicted octanol–water partition coefficient (Wildman–Crippen LogP) is 3.27. The van der Waals surface area contributed by atoms with E-state index in [-0.39, 0.29) is 5.78 Å². The van der Waals surface area contributed by atoms with Crippen LogP contribution in [0.25, 0.3) is 5.69 Å². The number of hydrogen-bond donors (Lipinski definition) is 0. The summed E-state index contributed by atoms with van der Waals surface area (Å²) in [5, 5.41) is 8.46. The van der Waals surface area contributed by atoms with Gasteiger partial charge in [-0.2, -0.15) is 10.2 Å². The number of carbonyl (C=O) groups is 1. The summed E-state index contributed by atoms with van der Waals surface area (Å²) in [4.78, 5) is 13.1. The van der Waals surface area contributed by atoms with Crippen LogP contribution in [-0.4, -0.2) is 38.6 Å². The lowest BCUT2D eigenvalue weighted by Gasteiger charge is -2.16. The summed E-state index contributed by atoms with van der Waals surface area (Å²) < 4.78 is 28.6. The fourth-order valence-corrected chi connectivity index (χ4v) is 3.62. The molecule has 4 rings (SSSR count). The van der Waals surface area contributed by atoms with Gasteiger partial charge in [0.1, 0.15) is 16.1 Å². The number of hydrogen-bond acceptors (Lipinski definition) is 5. The van der Waals surface area contributed by atoms with Crippen molar-refractivity contribution in [2.75, 3.05) is 13.2 Å². The van der Waals surface area contributed by atoms with Crippen molar-refractivity contribution in [3.8, 4) is 5.69 Å². The van der Waals surface area contributed by atoms with Crippen LogP contribution >= 0.6 is 15.9 Å². The SMILES string of the molecule is CCn1ncc(C(=O)c2ccnn2-c2ccc(F)cc2C2OCCO2)c1Br. The molecular weight excluding hydrogens is 419 g/mol. The summed E-state index contributed by atoms with van der Waals surface area (Å²) in [6.45, 7) is 3.41. The molecule has 0 amide bonds. The third-order valence-corrected chi connectivity index (χ3v) is 5.12. The van der Waals surface area contributed by atoms with E-state index in [1.54, 1.807) is 16.8 Å². The number of aromatic nitrogens is 4. The number of carbonyl (C=O) groups excluding carboxylic acids is 1. The molecule has 1 fully saturated rings. The lowest BCUT2D eigenvalue weighted by atomic mass is 10.1. The predicted molar refractivity (Wildman–Crippen MR) is 97.2 cm³/mol. The molecule has 27 heavy (non-hydrogen) atoms. The third-order valence-electron chi connectivity index (χ3n) is 4.29. The van der Waals surface area contributed by atoms with Crippen LogP contribution in [0.3, 0.4) is 0 Å². The van der Waals surface area contributed by atoms with Gasteiger partial charge in [0, 0.05) is 12.1 Å². The van der Waals surface area contributed by atoms with Crippen molar-refractivity contribution in [2.24, 2.45) is 0 Å². The molecule has 1 aliphatic heterocycles.